The lowest BCUT2D eigenvalue weighted by atomic mass is 10.1. The number of amides is 1. The zero-order valence-electron chi connectivity index (χ0n) is 10.0. The summed E-state index contributed by atoms with van der Waals surface area (Å²) in [6.07, 6.45) is -0.504. The van der Waals surface area contributed by atoms with E-state index in [4.69, 9.17) is 19.7 Å². The first-order valence-corrected chi connectivity index (χ1v) is 5.28. The Kier molecular flexibility index (Phi) is 8.50. The summed E-state index contributed by atoms with van der Waals surface area (Å²) in [6, 6.07) is -1.22. The van der Waals surface area contributed by atoms with Gasteiger partial charge in [0.15, 0.2) is 0 Å². The molecule has 0 unspecified atom stereocenters. The fourth-order valence-electron chi connectivity index (χ4n) is 1.07. The predicted molar refractivity (Wildman–Crippen MR) is 59.1 cm³/mol. The van der Waals surface area contributed by atoms with Crippen molar-refractivity contribution in [3.63, 3.8) is 0 Å². The number of carboxylic acids is 2. The smallest absolute Gasteiger partial charge is 0.326 e. The van der Waals surface area contributed by atoms with Crippen LogP contribution in [0.4, 0.5) is 0 Å². The Morgan fingerprint density at radius 2 is 1.89 bits per heavy atom. The number of carbonyl (C=O) groups excluding carboxylic acids is 1. The second-order valence-electron chi connectivity index (χ2n) is 3.44. The number of rotatable bonds is 10. The largest absolute Gasteiger partial charge is 0.481 e. The van der Waals surface area contributed by atoms with Crippen LogP contribution >= 0.6 is 0 Å². The van der Waals surface area contributed by atoms with Crippen LogP contribution in [-0.4, -0.2) is 61.0 Å². The van der Waals surface area contributed by atoms with Gasteiger partial charge in [-0.25, -0.2) is 4.79 Å². The summed E-state index contributed by atoms with van der Waals surface area (Å²) in [6.45, 7) is 0.256. The summed E-state index contributed by atoms with van der Waals surface area (Å²) in [5, 5.41) is 19.4. The van der Waals surface area contributed by atoms with Crippen molar-refractivity contribution < 1.29 is 34.1 Å². The summed E-state index contributed by atoms with van der Waals surface area (Å²) < 4.78 is 9.59. The van der Waals surface area contributed by atoms with Crippen molar-refractivity contribution >= 4 is 17.8 Å². The van der Waals surface area contributed by atoms with Crippen LogP contribution in [0.5, 0.6) is 0 Å². The summed E-state index contributed by atoms with van der Waals surface area (Å²) in [5.41, 5.74) is 0. The molecular weight excluding hydrogens is 246 g/mol. The molecule has 0 bridgehead atoms. The Bertz CT molecular complexity index is 292. The minimum absolute atomic E-state index is 0.172. The van der Waals surface area contributed by atoms with Crippen molar-refractivity contribution in [2.24, 2.45) is 0 Å². The van der Waals surface area contributed by atoms with Crippen LogP contribution in [0, 0.1) is 0 Å². The molecule has 0 spiro atoms. The molecule has 104 valence electrons. The number of hydrogen-bond acceptors (Lipinski definition) is 5. The number of carboxylic acid groups (broad SMARTS) is 2. The van der Waals surface area contributed by atoms with Crippen molar-refractivity contribution in [1.82, 2.24) is 5.32 Å². The molecule has 0 fully saturated rings. The Labute approximate surface area is 104 Å². The van der Waals surface area contributed by atoms with Crippen LogP contribution in [0.25, 0.3) is 0 Å². The first kappa shape index (κ1) is 16.3. The minimum atomic E-state index is -1.28. The lowest BCUT2D eigenvalue weighted by molar-refractivity contribution is -0.143. The Balaban J connectivity index is 3.96. The third-order valence-electron chi connectivity index (χ3n) is 1.95. The van der Waals surface area contributed by atoms with Gasteiger partial charge in [0, 0.05) is 13.5 Å². The van der Waals surface area contributed by atoms with Crippen LogP contribution in [-0.2, 0) is 23.9 Å². The zero-order valence-corrected chi connectivity index (χ0v) is 10.0. The molecule has 18 heavy (non-hydrogen) atoms. The lowest BCUT2D eigenvalue weighted by Crippen LogP contribution is -2.42. The van der Waals surface area contributed by atoms with Gasteiger partial charge >= 0.3 is 11.9 Å². The fraction of sp³-hybridized carbons (Fsp3) is 0.700. The van der Waals surface area contributed by atoms with Crippen molar-refractivity contribution in [2.45, 2.75) is 18.9 Å². The molecule has 0 saturated heterocycles. The predicted octanol–water partition coefficient (Wildman–Crippen LogP) is -0.916. The highest BCUT2D eigenvalue weighted by Gasteiger charge is 2.20. The van der Waals surface area contributed by atoms with Crippen LogP contribution in [0.3, 0.4) is 0 Å². The molecule has 1 atom stereocenters. The van der Waals surface area contributed by atoms with Crippen LogP contribution < -0.4 is 5.32 Å². The van der Waals surface area contributed by atoms with E-state index in [-0.39, 0.29) is 26.1 Å². The highest BCUT2D eigenvalue weighted by Crippen LogP contribution is 1.98. The lowest BCUT2D eigenvalue weighted by Gasteiger charge is -2.13. The molecule has 0 aromatic heterocycles. The quantitative estimate of drug-likeness (QED) is 0.436. The zero-order chi connectivity index (χ0) is 14.0. The summed E-state index contributed by atoms with van der Waals surface area (Å²) >= 11 is 0. The first-order chi connectivity index (χ1) is 8.47. The van der Waals surface area contributed by atoms with Crippen LogP contribution in [0.15, 0.2) is 0 Å². The molecular formula is C10H17NO7. The number of nitrogens with one attached hydrogen (secondary N) is 1. The van der Waals surface area contributed by atoms with Gasteiger partial charge in [-0.2, -0.15) is 0 Å². The molecule has 0 aliphatic rings. The Morgan fingerprint density at radius 3 is 2.39 bits per heavy atom. The van der Waals surface area contributed by atoms with Gasteiger partial charge in [-0.1, -0.05) is 0 Å². The summed E-state index contributed by atoms with van der Waals surface area (Å²) in [7, 11) is 1.48. The van der Waals surface area contributed by atoms with Crippen molar-refractivity contribution in [3.05, 3.63) is 0 Å². The molecule has 0 rings (SSSR count). The van der Waals surface area contributed by atoms with E-state index < -0.39 is 23.9 Å². The summed E-state index contributed by atoms with van der Waals surface area (Å²) in [5.74, 6) is -3.00. The SMILES string of the molecule is COCCOCC(=O)N[C@H](CCC(=O)O)C(=O)O. The van der Waals surface area contributed by atoms with E-state index in [1.54, 1.807) is 0 Å². The van der Waals surface area contributed by atoms with E-state index in [0.717, 1.165) is 0 Å². The van der Waals surface area contributed by atoms with Gasteiger partial charge in [-0.05, 0) is 6.42 Å². The minimum Gasteiger partial charge on any atom is -0.481 e. The van der Waals surface area contributed by atoms with Gasteiger partial charge in [0.1, 0.15) is 12.6 Å². The average Bonchev–Trinajstić information content (AvgIpc) is 2.29. The molecule has 0 aliphatic heterocycles. The number of methoxy groups -OCH3 is 1. The van der Waals surface area contributed by atoms with Crippen LogP contribution in [0.2, 0.25) is 0 Å². The van der Waals surface area contributed by atoms with Gasteiger partial charge in [0.2, 0.25) is 5.91 Å². The third kappa shape index (κ3) is 8.48. The molecule has 0 saturated carbocycles. The maximum absolute atomic E-state index is 11.3. The summed E-state index contributed by atoms with van der Waals surface area (Å²) in [4.78, 5) is 32.3. The fourth-order valence-corrected chi connectivity index (χ4v) is 1.07. The first-order valence-electron chi connectivity index (χ1n) is 5.28. The van der Waals surface area contributed by atoms with E-state index in [0.29, 0.717) is 6.61 Å². The van der Waals surface area contributed by atoms with Gasteiger partial charge in [-0.3, -0.25) is 9.59 Å². The Hall–Kier alpha value is -1.67. The van der Waals surface area contributed by atoms with Crippen molar-refractivity contribution in [1.29, 1.82) is 0 Å². The molecule has 0 radical (unpaired) electrons. The maximum Gasteiger partial charge on any atom is 0.326 e. The molecule has 8 heteroatoms. The molecule has 0 aliphatic carbocycles. The monoisotopic (exact) mass is 263 g/mol. The normalized spacial score (nSPS) is 11.8. The van der Waals surface area contributed by atoms with E-state index in [1.807, 2.05) is 0 Å². The Morgan fingerprint density at radius 1 is 1.22 bits per heavy atom. The number of hydrogen-bond donors (Lipinski definition) is 3. The number of aliphatic carboxylic acids is 2. The molecule has 0 aromatic rings. The highest BCUT2D eigenvalue weighted by atomic mass is 16.5. The molecule has 0 aromatic carbocycles. The number of ether oxygens (including phenoxy) is 2. The molecule has 0 heterocycles. The van der Waals surface area contributed by atoms with E-state index in [2.05, 4.69) is 5.32 Å². The molecule has 1 amide bonds. The molecule has 3 N–H and O–H groups in total. The topological polar surface area (TPSA) is 122 Å². The van der Waals surface area contributed by atoms with E-state index >= 15 is 0 Å². The van der Waals surface area contributed by atoms with Crippen molar-refractivity contribution in [3.8, 4) is 0 Å². The number of carbonyl (C=O) groups is 3. The van der Waals surface area contributed by atoms with E-state index in [1.165, 1.54) is 7.11 Å². The van der Waals surface area contributed by atoms with Gasteiger partial charge in [0.25, 0.3) is 0 Å². The maximum atomic E-state index is 11.3. The van der Waals surface area contributed by atoms with Gasteiger partial charge in [-0.15, -0.1) is 0 Å². The van der Waals surface area contributed by atoms with Crippen LogP contribution in [0.1, 0.15) is 12.8 Å². The third-order valence-corrected chi connectivity index (χ3v) is 1.95. The highest BCUT2D eigenvalue weighted by molar-refractivity contribution is 5.84. The van der Waals surface area contributed by atoms with E-state index in [9.17, 15) is 14.4 Å². The average molecular weight is 263 g/mol. The van der Waals surface area contributed by atoms with Crippen molar-refractivity contribution in [2.75, 3.05) is 26.9 Å². The second kappa shape index (κ2) is 9.37. The van der Waals surface area contributed by atoms with Gasteiger partial charge in [0.05, 0.1) is 13.2 Å². The molecule has 8 nitrogen and oxygen atoms in total. The second-order valence-corrected chi connectivity index (χ2v) is 3.44. The standard InChI is InChI=1S/C10H17NO7/c1-17-4-5-18-6-8(12)11-7(10(15)16)2-3-9(13)14/h7H,2-6H2,1H3,(H,11,12)(H,13,14)(H,15,16)/t7-/m1/s1. The van der Waals surface area contributed by atoms with Gasteiger partial charge < -0.3 is 25.0 Å².